The monoisotopic (exact) mass is 798 g/mol. The van der Waals surface area contributed by atoms with E-state index in [4.69, 9.17) is 40.1 Å². The van der Waals surface area contributed by atoms with Gasteiger partial charge in [-0.1, -0.05) is 18.4 Å². The SMILES string of the molecule is C#Cc1c(F)ccc2cc(OC(C)OC(=O)OC3CCCCC3)cc(-c3nc4c5c(nc(OC[C@@]67CCCN6C[C@H](F)C7)nc5c3F)N3C[C@H]5CC[C@H](N5)[C@H]3CO4)c12. The van der Waals surface area contributed by atoms with Crippen molar-refractivity contribution in [1.29, 1.82) is 0 Å². The second kappa shape index (κ2) is 14.6. The molecule has 4 aromatic rings. The van der Waals surface area contributed by atoms with Crippen LogP contribution < -0.4 is 24.4 Å². The summed E-state index contributed by atoms with van der Waals surface area (Å²) in [5, 5.41) is 4.63. The Morgan fingerprint density at radius 1 is 1.09 bits per heavy atom. The van der Waals surface area contributed by atoms with Crippen LogP contribution in [0.2, 0.25) is 0 Å². The second-order valence-corrected chi connectivity index (χ2v) is 16.6. The van der Waals surface area contributed by atoms with Crippen molar-refractivity contribution in [2.75, 3.05) is 37.7 Å². The minimum Gasteiger partial charge on any atom is -0.475 e. The third kappa shape index (κ3) is 6.48. The van der Waals surface area contributed by atoms with E-state index in [1.807, 2.05) is 0 Å². The van der Waals surface area contributed by atoms with Crippen LogP contribution in [0.3, 0.4) is 0 Å². The maximum absolute atomic E-state index is 17.6. The van der Waals surface area contributed by atoms with Gasteiger partial charge in [-0.3, -0.25) is 4.90 Å². The molecule has 5 aliphatic heterocycles. The highest BCUT2D eigenvalue weighted by molar-refractivity contribution is 6.04. The predicted molar refractivity (Wildman–Crippen MR) is 208 cm³/mol. The summed E-state index contributed by atoms with van der Waals surface area (Å²) < 4.78 is 77.6. The molecule has 12 nitrogen and oxygen atoms in total. The molecule has 304 valence electrons. The Morgan fingerprint density at radius 2 is 1.95 bits per heavy atom. The molecule has 1 N–H and O–H groups in total. The highest BCUT2D eigenvalue weighted by atomic mass is 19.1. The number of piperazine rings is 1. The number of carbonyl (C=O) groups is 1. The van der Waals surface area contributed by atoms with Gasteiger partial charge >= 0.3 is 12.2 Å². The van der Waals surface area contributed by atoms with Crippen molar-refractivity contribution in [2.24, 2.45) is 0 Å². The smallest absolute Gasteiger partial charge is 0.475 e. The number of alkyl halides is 1. The van der Waals surface area contributed by atoms with Crippen LogP contribution in [0.25, 0.3) is 32.9 Å². The molecule has 1 saturated carbocycles. The minimum absolute atomic E-state index is 0.0389. The summed E-state index contributed by atoms with van der Waals surface area (Å²) in [4.78, 5) is 31.4. The number of nitrogens with one attached hydrogen (secondary N) is 1. The molecule has 0 radical (unpaired) electrons. The number of aromatic nitrogens is 3. The Hall–Kier alpha value is -5.07. The van der Waals surface area contributed by atoms with Crippen molar-refractivity contribution in [3.8, 4) is 41.2 Å². The average molecular weight is 799 g/mol. The number of fused-ring (bicyclic) bond motifs is 7. The van der Waals surface area contributed by atoms with Crippen molar-refractivity contribution in [3.63, 3.8) is 0 Å². The van der Waals surface area contributed by atoms with Gasteiger partial charge in [0, 0.05) is 49.5 Å². The van der Waals surface area contributed by atoms with Gasteiger partial charge in [0.05, 0.1) is 17.1 Å². The summed E-state index contributed by atoms with van der Waals surface area (Å²) in [5.74, 6) is 1.67. The summed E-state index contributed by atoms with van der Waals surface area (Å²) in [6.07, 6.45) is 11.4. The molecule has 6 aliphatic rings. The number of benzene rings is 2. The van der Waals surface area contributed by atoms with E-state index in [0.29, 0.717) is 36.1 Å². The molecule has 2 bridgehead atoms. The number of pyridine rings is 1. The first-order valence-electron chi connectivity index (χ1n) is 20.5. The van der Waals surface area contributed by atoms with Gasteiger partial charge in [-0.15, -0.1) is 6.42 Å². The van der Waals surface area contributed by atoms with Crippen LogP contribution in [0, 0.1) is 24.0 Å². The van der Waals surface area contributed by atoms with Crippen LogP contribution in [-0.4, -0.2) is 101 Å². The molecular weight excluding hydrogens is 754 g/mol. The second-order valence-electron chi connectivity index (χ2n) is 16.6. The fourth-order valence-electron chi connectivity index (χ4n) is 10.3. The lowest BCUT2D eigenvalue weighted by Crippen LogP contribution is -2.60. The van der Waals surface area contributed by atoms with Crippen molar-refractivity contribution in [3.05, 3.63) is 41.5 Å². The Labute approximate surface area is 333 Å². The van der Waals surface area contributed by atoms with Crippen molar-refractivity contribution >= 4 is 33.6 Å². The van der Waals surface area contributed by atoms with Gasteiger partial charge in [0.2, 0.25) is 12.2 Å². The van der Waals surface area contributed by atoms with E-state index < -0.39 is 35.8 Å². The normalized spacial score (nSPS) is 27.1. The zero-order valence-corrected chi connectivity index (χ0v) is 32.3. The third-order valence-corrected chi connectivity index (χ3v) is 13.0. The highest BCUT2D eigenvalue weighted by Crippen LogP contribution is 2.46. The molecule has 1 aliphatic carbocycles. The Kier molecular flexibility index (Phi) is 9.39. The first-order valence-corrected chi connectivity index (χ1v) is 20.5. The summed E-state index contributed by atoms with van der Waals surface area (Å²) >= 11 is 0. The van der Waals surface area contributed by atoms with Crippen LogP contribution >= 0.6 is 0 Å². The fourth-order valence-corrected chi connectivity index (χ4v) is 10.3. The van der Waals surface area contributed by atoms with Crippen LogP contribution in [-0.2, 0) is 9.47 Å². The molecule has 2 aromatic carbocycles. The first kappa shape index (κ1) is 37.2. The number of rotatable bonds is 8. The van der Waals surface area contributed by atoms with E-state index in [1.165, 1.54) is 18.2 Å². The molecule has 7 heterocycles. The van der Waals surface area contributed by atoms with E-state index in [-0.39, 0.29) is 82.8 Å². The van der Waals surface area contributed by atoms with E-state index >= 15 is 8.78 Å². The Balaban J connectivity index is 1.08. The largest absolute Gasteiger partial charge is 0.511 e. The molecule has 1 unspecified atom stereocenters. The van der Waals surface area contributed by atoms with Crippen molar-refractivity contribution in [1.82, 2.24) is 25.2 Å². The van der Waals surface area contributed by atoms with Gasteiger partial charge < -0.3 is 33.9 Å². The molecule has 6 atom stereocenters. The first-order chi connectivity index (χ1) is 28.2. The van der Waals surface area contributed by atoms with E-state index in [9.17, 15) is 9.18 Å². The zero-order chi connectivity index (χ0) is 39.7. The van der Waals surface area contributed by atoms with Gasteiger partial charge in [-0.2, -0.15) is 9.97 Å². The summed E-state index contributed by atoms with van der Waals surface area (Å²) in [6, 6.07) is 5.99. The van der Waals surface area contributed by atoms with Crippen molar-refractivity contribution in [2.45, 2.75) is 113 Å². The molecule has 15 heteroatoms. The number of halogens is 3. The standard InChI is InChI=1S/C43H45F3N6O6/c1-3-29-31(45)12-10-24-16-28(56-23(2)57-42(53)58-27-8-5-4-6-9-27)17-30(34(24)29)37-36(46)38-35-39(52-20-26-11-13-32(47-26)33(52)21-54-40(35)48-37)50-41(49-38)55-22-43-14-7-15-51(43)19-25(44)18-43/h1,10,12,16-17,23,25-27,32-33,47H,4-9,11,13-15,18-22H2,2H3/t23?,25-,26-,32+,33-,43+/m1/s1. The zero-order valence-electron chi connectivity index (χ0n) is 32.3. The molecule has 5 fully saturated rings. The lowest BCUT2D eigenvalue weighted by Gasteiger charge is -2.40. The van der Waals surface area contributed by atoms with Crippen LogP contribution in [0.15, 0.2) is 24.3 Å². The number of anilines is 1. The molecule has 10 rings (SSSR count). The van der Waals surface area contributed by atoms with Gasteiger partial charge in [0.15, 0.2) is 5.82 Å². The number of terminal acetylenes is 1. The number of hydrogen-bond acceptors (Lipinski definition) is 12. The van der Waals surface area contributed by atoms with Gasteiger partial charge in [0.25, 0.3) is 0 Å². The van der Waals surface area contributed by atoms with Crippen LogP contribution in [0.5, 0.6) is 17.6 Å². The maximum Gasteiger partial charge on any atom is 0.511 e. The van der Waals surface area contributed by atoms with Crippen LogP contribution in [0.1, 0.15) is 76.7 Å². The molecule has 2 aromatic heterocycles. The summed E-state index contributed by atoms with van der Waals surface area (Å²) in [7, 11) is 0. The number of carbonyl (C=O) groups excluding carboxylic acids is 1. The lowest BCUT2D eigenvalue weighted by molar-refractivity contribution is -0.0682. The van der Waals surface area contributed by atoms with Gasteiger partial charge in [-0.05, 0) is 81.5 Å². The fraction of sp³-hybridized carbons (Fsp3) is 0.535. The molecule has 58 heavy (non-hydrogen) atoms. The number of ether oxygens (including phenoxy) is 5. The van der Waals surface area contributed by atoms with Gasteiger partial charge in [0.1, 0.15) is 59.5 Å². The minimum atomic E-state index is -1.10. The lowest BCUT2D eigenvalue weighted by atomic mass is 9.95. The Morgan fingerprint density at radius 3 is 2.79 bits per heavy atom. The topological polar surface area (TPSA) is 120 Å². The summed E-state index contributed by atoms with van der Waals surface area (Å²) in [6.45, 7) is 3.69. The van der Waals surface area contributed by atoms with E-state index in [0.717, 1.165) is 64.3 Å². The highest BCUT2D eigenvalue weighted by Gasteiger charge is 2.50. The van der Waals surface area contributed by atoms with E-state index in [1.54, 1.807) is 13.0 Å². The average Bonchev–Trinajstić information content (AvgIpc) is 3.85. The molecule has 4 saturated heterocycles. The van der Waals surface area contributed by atoms with Crippen molar-refractivity contribution < 1.29 is 41.7 Å². The third-order valence-electron chi connectivity index (χ3n) is 13.0. The van der Waals surface area contributed by atoms with Crippen LogP contribution in [0.4, 0.5) is 23.8 Å². The number of hydrogen-bond donors (Lipinski definition) is 1. The Bertz CT molecular complexity index is 2340. The maximum atomic E-state index is 17.6. The predicted octanol–water partition coefficient (Wildman–Crippen LogP) is 6.97. The van der Waals surface area contributed by atoms with E-state index in [2.05, 4.69) is 26.0 Å². The molecular formula is C43H45F3N6O6. The number of nitrogens with zero attached hydrogens (tertiary/aromatic N) is 5. The van der Waals surface area contributed by atoms with Gasteiger partial charge in [-0.25, -0.2) is 22.9 Å². The molecule has 0 spiro atoms. The quantitative estimate of drug-likeness (QED) is 0.113. The molecule has 0 amide bonds. The summed E-state index contributed by atoms with van der Waals surface area (Å²) in [5.41, 5.74) is -0.773.